The summed E-state index contributed by atoms with van der Waals surface area (Å²) in [5.74, 6) is 0.461. The highest BCUT2D eigenvalue weighted by molar-refractivity contribution is 5.24. The molecule has 0 bridgehead atoms. The van der Waals surface area contributed by atoms with Crippen molar-refractivity contribution < 1.29 is 14.9 Å². The third-order valence-corrected chi connectivity index (χ3v) is 1.80. The predicted octanol–water partition coefficient (Wildman–Crippen LogP) is 0.507. The molecule has 0 aliphatic rings. The van der Waals surface area contributed by atoms with Crippen LogP contribution in [0.4, 0.5) is 0 Å². The van der Waals surface area contributed by atoms with Crippen molar-refractivity contribution in [3.05, 3.63) is 23.4 Å². The third-order valence-electron chi connectivity index (χ3n) is 1.80. The lowest BCUT2D eigenvalue weighted by Crippen LogP contribution is -2.05. The van der Waals surface area contributed by atoms with E-state index >= 15 is 0 Å². The normalized spacial score (nSPS) is 10.2. The second-order valence-corrected chi connectivity index (χ2v) is 2.89. The van der Waals surface area contributed by atoms with Gasteiger partial charge in [0.2, 0.25) is 5.88 Å². The van der Waals surface area contributed by atoms with Gasteiger partial charge in [0.1, 0.15) is 6.61 Å². The minimum absolute atomic E-state index is 0.0228. The molecule has 4 heteroatoms. The Morgan fingerprint density at radius 1 is 1.36 bits per heavy atom. The highest BCUT2D eigenvalue weighted by Gasteiger charge is 2.01. The molecule has 1 heterocycles. The maximum absolute atomic E-state index is 8.97. The molecule has 0 amide bonds. The lowest BCUT2D eigenvalue weighted by Gasteiger charge is -2.07. The van der Waals surface area contributed by atoms with Crippen LogP contribution in [0.3, 0.4) is 0 Å². The molecule has 0 saturated carbocycles. The second kappa shape index (κ2) is 5.57. The molecule has 0 aromatic carbocycles. The summed E-state index contributed by atoms with van der Waals surface area (Å²) in [7, 11) is 0. The molecule has 0 aliphatic heterocycles. The number of nitrogens with zero attached hydrogens (tertiary/aromatic N) is 1. The Morgan fingerprint density at radius 3 is 2.71 bits per heavy atom. The van der Waals surface area contributed by atoms with Crippen molar-refractivity contribution >= 4 is 0 Å². The summed E-state index contributed by atoms with van der Waals surface area (Å²) in [5, 5.41) is 17.6. The van der Waals surface area contributed by atoms with E-state index in [2.05, 4.69) is 4.98 Å². The van der Waals surface area contributed by atoms with Gasteiger partial charge in [-0.25, -0.2) is 4.98 Å². The van der Waals surface area contributed by atoms with Crippen molar-refractivity contribution in [2.24, 2.45) is 0 Å². The maximum Gasteiger partial charge on any atom is 0.213 e. The Kier molecular flexibility index (Phi) is 4.35. The number of aryl methyl sites for hydroxylation is 1. The van der Waals surface area contributed by atoms with Gasteiger partial charge in [-0.2, -0.15) is 0 Å². The molecule has 1 aromatic heterocycles. The Hall–Kier alpha value is -1.13. The Balaban J connectivity index is 2.81. The van der Waals surface area contributed by atoms with Gasteiger partial charge in [0.25, 0.3) is 0 Å². The predicted molar refractivity (Wildman–Crippen MR) is 52.1 cm³/mol. The van der Waals surface area contributed by atoms with Gasteiger partial charge >= 0.3 is 0 Å². The van der Waals surface area contributed by atoms with Crippen molar-refractivity contribution in [3.8, 4) is 5.88 Å². The van der Waals surface area contributed by atoms with Crippen LogP contribution in [0.25, 0.3) is 0 Å². The van der Waals surface area contributed by atoms with Crippen LogP contribution in [-0.4, -0.2) is 28.4 Å². The number of ether oxygens (including phenoxy) is 1. The van der Waals surface area contributed by atoms with Crippen molar-refractivity contribution in [1.82, 2.24) is 4.98 Å². The van der Waals surface area contributed by atoms with Crippen molar-refractivity contribution in [2.45, 2.75) is 20.0 Å². The van der Waals surface area contributed by atoms with E-state index in [1.54, 1.807) is 6.07 Å². The number of rotatable bonds is 5. The third kappa shape index (κ3) is 2.97. The van der Waals surface area contributed by atoms with Gasteiger partial charge in [0, 0.05) is 11.8 Å². The van der Waals surface area contributed by atoms with Gasteiger partial charge in [-0.15, -0.1) is 0 Å². The number of aliphatic hydroxyl groups is 2. The molecule has 14 heavy (non-hydrogen) atoms. The summed E-state index contributed by atoms with van der Waals surface area (Å²) in [5.41, 5.74) is 1.66. The van der Waals surface area contributed by atoms with Crippen LogP contribution in [0.5, 0.6) is 5.88 Å². The Bertz CT molecular complexity index is 266. The molecular weight excluding hydrogens is 182 g/mol. The molecule has 0 aliphatic carbocycles. The van der Waals surface area contributed by atoms with E-state index < -0.39 is 0 Å². The van der Waals surface area contributed by atoms with E-state index in [4.69, 9.17) is 14.9 Å². The number of hydrogen-bond donors (Lipinski definition) is 2. The van der Waals surface area contributed by atoms with Gasteiger partial charge in [-0.3, -0.25) is 0 Å². The number of hydrogen-bond acceptors (Lipinski definition) is 4. The summed E-state index contributed by atoms with van der Waals surface area (Å²) in [6.45, 7) is 2.15. The summed E-state index contributed by atoms with van der Waals surface area (Å²) in [6, 6.07) is 3.51. The fourth-order valence-corrected chi connectivity index (χ4v) is 1.12. The summed E-state index contributed by atoms with van der Waals surface area (Å²) < 4.78 is 5.17. The van der Waals surface area contributed by atoms with Gasteiger partial charge in [0.05, 0.1) is 13.2 Å². The fraction of sp³-hybridized carbons (Fsp3) is 0.500. The smallest absolute Gasteiger partial charge is 0.213 e. The minimum atomic E-state index is -0.0352. The maximum atomic E-state index is 8.97. The van der Waals surface area contributed by atoms with Crippen molar-refractivity contribution in [3.63, 3.8) is 0 Å². The highest BCUT2D eigenvalue weighted by Crippen LogP contribution is 2.13. The van der Waals surface area contributed by atoms with Crippen LogP contribution in [0.15, 0.2) is 12.1 Å². The van der Waals surface area contributed by atoms with Gasteiger partial charge < -0.3 is 14.9 Å². The molecule has 1 rings (SSSR count). The standard InChI is InChI=1S/C10H15NO3/c1-2-9-5-8(7-13)6-10(11-9)14-4-3-12/h5-6,12-13H,2-4,7H2,1H3. The lowest BCUT2D eigenvalue weighted by atomic mass is 10.2. The van der Waals surface area contributed by atoms with Crippen LogP contribution in [0.2, 0.25) is 0 Å². The van der Waals surface area contributed by atoms with Crippen LogP contribution < -0.4 is 4.74 Å². The van der Waals surface area contributed by atoms with Gasteiger partial charge in [-0.05, 0) is 18.1 Å². The average molecular weight is 197 g/mol. The molecule has 0 atom stereocenters. The van der Waals surface area contributed by atoms with E-state index in [0.717, 1.165) is 17.7 Å². The quantitative estimate of drug-likeness (QED) is 0.721. The largest absolute Gasteiger partial charge is 0.475 e. The first-order valence-corrected chi connectivity index (χ1v) is 4.64. The number of aliphatic hydroxyl groups excluding tert-OH is 2. The van der Waals surface area contributed by atoms with E-state index in [1.165, 1.54) is 0 Å². The zero-order chi connectivity index (χ0) is 10.4. The summed E-state index contributed by atoms with van der Waals surface area (Å²) in [6.07, 6.45) is 0.795. The molecular formula is C10H15NO3. The molecule has 78 valence electrons. The van der Waals surface area contributed by atoms with Crippen molar-refractivity contribution in [1.29, 1.82) is 0 Å². The Labute approximate surface area is 83.2 Å². The van der Waals surface area contributed by atoms with Crippen LogP contribution in [0, 0.1) is 0 Å². The molecule has 0 fully saturated rings. The monoisotopic (exact) mass is 197 g/mol. The zero-order valence-corrected chi connectivity index (χ0v) is 8.23. The fourth-order valence-electron chi connectivity index (χ4n) is 1.12. The Morgan fingerprint density at radius 2 is 2.14 bits per heavy atom. The summed E-state index contributed by atoms with van der Waals surface area (Å²) >= 11 is 0. The second-order valence-electron chi connectivity index (χ2n) is 2.89. The van der Waals surface area contributed by atoms with Gasteiger partial charge in [-0.1, -0.05) is 6.92 Å². The first-order valence-electron chi connectivity index (χ1n) is 4.64. The van der Waals surface area contributed by atoms with E-state index in [-0.39, 0.29) is 19.8 Å². The van der Waals surface area contributed by atoms with E-state index in [0.29, 0.717) is 5.88 Å². The van der Waals surface area contributed by atoms with Crippen LogP contribution >= 0.6 is 0 Å². The topological polar surface area (TPSA) is 62.6 Å². The number of pyridine rings is 1. The zero-order valence-electron chi connectivity index (χ0n) is 8.23. The summed E-state index contributed by atoms with van der Waals surface area (Å²) in [4.78, 5) is 4.19. The lowest BCUT2D eigenvalue weighted by molar-refractivity contribution is 0.196. The average Bonchev–Trinajstić information content (AvgIpc) is 2.25. The molecule has 0 unspecified atom stereocenters. The van der Waals surface area contributed by atoms with Gasteiger partial charge in [0.15, 0.2) is 0 Å². The van der Waals surface area contributed by atoms with E-state index in [9.17, 15) is 0 Å². The van der Waals surface area contributed by atoms with E-state index in [1.807, 2.05) is 13.0 Å². The molecule has 1 aromatic rings. The van der Waals surface area contributed by atoms with Crippen LogP contribution in [-0.2, 0) is 13.0 Å². The molecule has 4 nitrogen and oxygen atoms in total. The van der Waals surface area contributed by atoms with Crippen LogP contribution in [0.1, 0.15) is 18.2 Å². The molecule has 0 radical (unpaired) electrons. The first kappa shape index (κ1) is 10.9. The number of aromatic nitrogens is 1. The molecule has 0 spiro atoms. The SMILES string of the molecule is CCc1cc(CO)cc(OCCO)n1. The minimum Gasteiger partial charge on any atom is -0.475 e. The van der Waals surface area contributed by atoms with Crippen molar-refractivity contribution in [2.75, 3.05) is 13.2 Å². The molecule has 2 N–H and O–H groups in total. The highest BCUT2D eigenvalue weighted by atomic mass is 16.5. The first-order chi connectivity index (χ1) is 6.80. The molecule has 0 saturated heterocycles.